The van der Waals surface area contributed by atoms with Crippen molar-refractivity contribution in [3.63, 3.8) is 0 Å². The first-order chi connectivity index (χ1) is 13.9. The van der Waals surface area contributed by atoms with Crippen LogP contribution in [0.3, 0.4) is 0 Å². The number of likely N-dealkylation sites (tertiary alicyclic amines) is 2. The van der Waals surface area contributed by atoms with Crippen molar-refractivity contribution >= 4 is 29.6 Å². The highest BCUT2D eigenvalue weighted by Gasteiger charge is 2.41. The molecular weight excluding hydrogens is 378 g/mol. The first-order valence-electron chi connectivity index (χ1n) is 10.3. The zero-order chi connectivity index (χ0) is 21.0. The van der Waals surface area contributed by atoms with Crippen LogP contribution in [0, 0.1) is 0 Å². The molecule has 3 aliphatic rings. The molecule has 158 valence electrons. The monoisotopic (exact) mass is 405 g/mol. The van der Waals surface area contributed by atoms with Gasteiger partial charge in [0.15, 0.2) is 0 Å². The Morgan fingerprint density at radius 1 is 0.897 bits per heavy atom. The number of carbonyl (C=O) groups excluding carboxylic acids is 4. The van der Waals surface area contributed by atoms with Gasteiger partial charge in [0.05, 0.1) is 0 Å². The van der Waals surface area contributed by atoms with E-state index in [0.717, 1.165) is 6.42 Å². The van der Waals surface area contributed by atoms with Crippen LogP contribution in [0.2, 0.25) is 0 Å². The van der Waals surface area contributed by atoms with E-state index in [4.69, 9.17) is 0 Å². The molecule has 3 rings (SSSR count). The molecule has 2 atom stereocenters. The fourth-order valence-corrected chi connectivity index (χ4v) is 4.32. The number of hydrogen-bond acceptors (Lipinski definition) is 5. The number of hydrogen-bond donors (Lipinski definition) is 1. The van der Waals surface area contributed by atoms with Gasteiger partial charge in [0.2, 0.25) is 11.8 Å². The molecule has 0 spiro atoms. The molecule has 0 aliphatic carbocycles. The summed E-state index contributed by atoms with van der Waals surface area (Å²) < 4.78 is 0. The Morgan fingerprint density at radius 3 is 2.17 bits per heavy atom. The first kappa shape index (κ1) is 21.0. The molecule has 0 aromatic carbocycles. The van der Waals surface area contributed by atoms with Gasteiger partial charge in [-0.3, -0.25) is 24.1 Å². The third kappa shape index (κ3) is 4.65. The smallest absolute Gasteiger partial charge is 0.326 e. The molecule has 29 heavy (non-hydrogen) atoms. The Balaban J connectivity index is 1.44. The maximum absolute atomic E-state index is 12.9. The molecular formula is C20H27N3O6. The first-order valence-corrected chi connectivity index (χ1v) is 10.3. The van der Waals surface area contributed by atoms with Crippen LogP contribution in [0.1, 0.15) is 51.4 Å². The number of unbranched alkanes of at least 4 members (excludes halogenated alkanes) is 2. The summed E-state index contributed by atoms with van der Waals surface area (Å²) in [5.74, 6) is -1.93. The lowest BCUT2D eigenvalue weighted by atomic mass is 10.1. The van der Waals surface area contributed by atoms with Crippen molar-refractivity contribution in [3.8, 4) is 0 Å². The lowest BCUT2D eigenvalue weighted by molar-refractivity contribution is -0.151. The maximum Gasteiger partial charge on any atom is 0.326 e. The van der Waals surface area contributed by atoms with Gasteiger partial charge in [-0.25, -0.2) is 4.79 Å². The fraction of sp³-hybridized carbons (Fsp3) is 0.650. The molecule has 9 heteroatoms. The van der Waals surface area contributed by atoms with Crippen molar-refractivity contribution in [3.05, 3.63) is 12.2 Å². The summed E-state index contributed by atoms with van der Waals surface area (Å²) in [5.41, 5.74) is 0. The number of amides is 4. The van der Waals surface area contributed by atoms with Crippen molar-refractivity contribution in [1.82, 2.24) is 14.7 Å². The quantitative estimate of drug-likeness (QED) is 0.465. The Bertz CT molecular complexity index is 716. The summed E-state index contributed by atoms with van der Waals surface area (Å²) in [6, 6.07) is -1.35. The standard InChI is InChI=1S/C20H27N3O6/c24-16(8-2-1-3-11-23-17(25)9-10-18(23)26)21-12-4-6-14(21)19(27)22-13-5-7-15(22)20(28)29/h9-10,14-15H,1-8,11-13H2,(H,28,29). The van der Waals surface area contributed by atoms with Gasteiger partial charge >= 0.3 is 5.97 Å². The van der Waals surface area contributed by atoms with Gasteiger partial charge in [-0.05, 0) is 38.5 Å². The van der Waals surface area contributed by atoms with E-state index < -0.39 is 18.1 Å². The van der Waals surface area contributed by atoms with Gasteiger partial charge in [0.25, 0.3) is 11.8 Å². The van der Waals surface area contributed by atoms with Crippen molar-refractivity contribution in [2.24, 2.45) is 0 Å². The van der Waals surface area contributed by atoms with Crippen LogP contribution in [-0.2, 0) is 24.0 Å². The van der Waals surface area contributed by atoms with E-state index in [2.05, 4.69) is 0 Å². The number of nitrogens with zero attached hydrogens (tertiary/aromatic N) is 3. The summed E-state index contributed by atoms with van der Waals surface area (Å²) in [4.78, 5) is 64.0. The highest BCUT2D eigenvalue weighted by molar-refractivity contribution is 6.12. The summed E-state index contributed by atoms with van der Waals surface area (Å²) in [5, 5.41) is 9.30. The molecule has 0 bridgehead atoms. The largest absolute Gasteiger partial charge is 0.480 e. The third-order valence-corrected chi connectivity index (χ3v) is 5.85. The number of imide groups is 1. The van der Waals surface area contributed by atoms with E-state index >= 15 is 0 Å². The molecule has 2 fully saturated rings. The van der Waals surface area contributed by atoms with Crippen LogP contribution in [0.25, 0.3) is 0 Å². The number of carboxylic acid groups (broad SMARTS) is 1. The highest BCUT2D eigenvalue weighted by atomic mass is 16.4. The molecule has 2 saturated heterocycles. The Morgan fingerprint density at radius 2 is 1.52 bits per heavy atom. The molecule has 9 nitrogen and oxygen atoms in total. The zero-order valence-electron chi connectivity index (χ0n) is 16.4. The second-order valence-corrected chi connectivity index (χ2v) is 7.75. The highest BCUT2D eigenvalue weighted by Crippen LogP contribution is 2.25. The van der Waals surface area contributed by atoms with E-state index in [0.29, 0.717) is 64.6 Å². The molecule has 0 aromatic heterocycles. The lowest BCUT2D eigenvalue weighted by Gasteiger charge is -2.30. The van der Waals surface area contributed by atoms with E-state index in [1.54, 1.807) is 4.90 Å². The molecule has 4 amide bonds. The van der Waals surface area contributed by atoms with Crippen LogP contribution in [0.4, 0.5) is 0 Å². The normalized spacial score (nSPS) is 24.1. The van der Waals surface area contributed by atoms with Gasteiger partial charge in [0.1, 0.15) is 12.1 Å². The Hall–Kier alpha value is -2.71. The molecule has 1 N–H and O–H groups in total. The molecule has 0 saturated carbocycles. The summed E-state index contributed by atoms with van der Waals surface area (Å²) >= 11 is 0. The second kappa shape index (κ2) is 9.19. The number of rotatable bonds is 8. The van der Waals surface area contributed by atoms with Gasteiger partial charge in [-0.15, -0.1) is 0 Å². The minimum atomic E-state index is -0.989. The van der Waals surface area contributed by atoms with Crippen LogP contribution in [0.5, 0.6) is 0 Å². The lowest BCUT2D eigenvalue weighted by Crippen LogP contribution is -2.50. The predicted octanol–water partition coefficient (Wildman–Crippen LogP) is 0.538. The van der Waals surface area contributed by atoms with Gasteiger partial charge in [0, 0.05) is 38.2 Å². The zero-order valence-corrected chi connectivity index (χ0v) is 16.4. The van der Waals surface area contributed by atoms with E-state index in [-0.39, 0.29) is 23.6 Å². The summed E-state index contributed by atoms with van der Waals surface area (Å²) in [6.07, 6.45) is 7.18. The summed E-state index contributed by atoms with van der Waals surface area (Å²) in [6.45, 7) is 1.29. The molecule has 0 radical (unpaired) electrons. The topological polar surface area (TPSA) is 115 Å². The minimum Gasteiger partial charge on any atom is -0.480 e. The van der Waals surface area contributed by atoms with E-state index in [1.165, 1.54) is 22.0 Å². The molecule has 2 unspecified atom stereocenters. The van der Waals surface area contributed by atoms with Crippen molar-refractivity contribution in [2.45, 2.75) is 63.5 Å². The van der Waals surface area contributed by atoms with E-state index in [9.17, 15) is 29.1 Å². The van der Waals surface area contributed by atoms with Crippen LogP contribution < -0.4 is 0 Å². The SMILES string of the molecule is O=C(O)C1CCCN1C(=O)C1CCCN1C(=O)CCCCCN1C(=O)C=CC1=O. The van der Waals surface area contributed by atoms with Crippen molar-refractivity contribution in [1.29, 1.82) is 0 Å². The fourth-order valence-electron chi connectivity index (χ4n) is 4.32. The molecule has 3 heterocycles. The number of carboxylic acids is 1. The predicted molar refractivity (Wildman–Crippen MR) is 101 cm³/mol. The van der Waals surface area contributed by atoms with Gasteiger partial charge < -0.3 is 14.9 Å². The van der Waals surface area contributed by atoms with Crippen molar-refractivity contribution < 1.29 is 29.1 Å². The Labute approximate surface area is 169 Å². The number of aliphatic carboxylic acids is 1. The van der Waals surface area contributed by atoms with Gasteiger partial charge in [-0.2, -0.15) is 0 Å². The second-order valence-electron chi connectivity index (χ2n) is 7.75. The molecule has 3 aliphatic heterocycles. The average Bonchev–Trinajstić information content (AvgIpc) is 3.42. The third-order valence-electron chi connectivity index (χ3n) is 5.85. The maximum atomic E-state index is 12.9. The van der Waals surface area contributed by atoms with Crippen LogP contribution >= 0.6 is 0 Å². The average molecular weight is 405 g/mol. The molecule has 0 aromatic rings. The van der Waals surface area contributed by atoms with Crippen LogP contribution in [0.15, 0.2) is 12.2 Å². The van der Waals surface area contributed by atoms with Crippen LogP contribution in [-0.4, -0.2) is 81.1 Å². The van der Waals surface area contributed by atoms with Crippen molar-refractivity contribution in [2.75, 3.05) is 19.6 Å². The number of carbonyl (C=O) groups is 5. The summed E-state index contributed by atoms with van der Waals surface area (Å²) in [7, 11) is 0. The Kier molecular flexibility index (Phi) is 6.66. The minimum absolute atomic E-state index is 0.0955. The van der Waals surface area contributed by atoms with E-state index in [1.807, 2.05) is 0 Å². The van der Waals surface area contributed by atoms with Gasteiger partial charge in [-0.1, -0.05) is 6.42 Å².